The van der Waals surface area contributed by atoms with Gasteiger partial charge < -0.3 is 15.0 Å². The summed E-state index contributed by atoms with van der Waals surface area (Å²) in [6, 6.07) is 21.0. The van der Waals surface area contributed by atoms with Gasteiger partial charge in [0.1, 0.15) is 10.6 Å². The Balaban J connectivity index is 1.27. The first kappa shape index (κ1) is 27.5. The molecule has 5 rings (SSSR count). The van der Waals surface area contributed by atoms with Gasteiger partial charge >= 0.3 is 0 Å². The Morgan fingerprint density at radius 3 is 2.38 bits per heavy atom. The van der Waals surface area contributed by atoms with Gasteiger partial charge in [-0.2, -0.15) is 4.31 Å². The van der Waals surface area contributed by atoms with Gasteiger partial charge in [-0.1, -0.05) is 65.7 Å². The van der Waals surface area contributed by atoms with Crippen LogP contribution in [0.25, 0.3) is 0 Å². The normalized spacial score (nSPS) is 18.2. The Bertz CT molecular complexity index is 1480. The monoisotopic (exact) mass is 587 g/mol. The van der Waals surface area contributed by atoms with E-state index in [0.717, 1.165) is 5.56 Å². The fraction of sp³-hybridized carbons (Fsp3) is 0.286. The van der Waals surface area contributed by atoms with Crippen LogP contribution in [0.15, 0.2) is 77.7 Å². The third kappa shape index (κ3) is 5.91. The van der Waals surface area contributed by atoms with Crippen molar-refractivity contribution >= 4 is 50.7 Å². The zero-order valence-electron chi connectivity index (χ0n) is 20.9. The standard InChI is InChI=1S/C28H27Cl2N3O5S/c29-21-10-11-22(30)26(16-21)39(36,37)32-14-12-20(13-15-32)28(35)33-18-25(38-24-9-5-4-8-23(24)33)27(34)31-17-19-6-2-1-3-7-19/h1-11,16,20,25H,12-15,17-18H2,(H,31,34)/t25-/m1/s1. The summed E-state index contributed by atoms with van der Waals surface area (Å²) in [5.74, 6) is -0.437. The van der Waals surface area contributed by atoms with Crippen molar-refractivity contribution in [3.05, 3.63) is 88.4 Å². The lowest BCUT2D eigenvalue weighted by Gasteiger charge is -2.38. The Morgan fingerprint density at radius 2 is 1.64 bits per heavy atom. The van der Waals surface area contributed by atoms with E-state index in [2.05, 4.69) is 5.32 Å². The molecule has 2 heterocycles. The largest absolute Gasteiger partial charge is 0.477 e. The van der Waals surface area contributed by atoms with E-state index in [1.165, 1.54) is 22.5 Å². The summed E-state index contributed by atoms with van der Waals surface area (Å²) in [6.45, 7) is 0.731. The van der Waals surface area contributed by atoms with Crippen LogP contribution in [0.1, 0.15) is 18.4 Å². The summed E-state index contributed by atoms with van der Waals surface area (Å²) >= 11 is 12.2. The molecule has 204 valence electrons. The molecule has 1 N–H and O–H groups in total. The van der Waals surface area contributed by atoms with E-state index in [-0.39, 0.29) is 46.4 Å². The molecule has 39 heavy (non-hydrogen) atoms. The Labute approximate surface area is 237 Å². The number of carbonyl (C=O) groups excluding carboxylic acids is 2. The number of sulfonamides is 1. The fourth-order valence-corrected chi connectivity index (χ4v) is 7.06. The maximum atomic E-state index is 13.7. The fourth-order valence-electron chi connectivity index (χ4n) is 4.86. The molecule has 2 aliphatic rings. The van der Waals surface area contributed by atoms with Crippen molar-refractivity contribution in [3.63, 3.8) is 0 Å². The van der Waals surface area contributed by atoms with E-state index < -0.39 is 22.0 Å². The number of fused-ring (bicyclic) bond motifs is 1. The number of amides is 2. The van der Waals surface area contributed by atoms with E-state index in [0.29, 0.717) is 30.8 Å². The number of rotatable bonds is 6. The second kappa shape index (κ2) is 11.6. The molecule has 0 bridgehead atoms. The van der Waals surface area contributed by atoms with Crippen molar-refractivity contribution in [1.82, 2.24) is 9.62 Å². The first-order valence-electron chi connectivity index (χ1n) is 12.6. The van der Waals surface area contributed by atoms with Crippen LogP contribution in [-0.2, 0) is 26.2 Å². The van der Waals surface area contributed by atoms with Gasteiger partial charge in [-0.3, -0.25) is 9.59 Å². The first-order chi connectivity index (χ1) is 18.7. The van der Waals surface area contributed by atoms with Crippen molar-refractivity contribution in [2.24, 2.45) is 5.92 Å². The third-order valence-corrected chi connectivity index (χ3v) is 9.57. The summed E-state index contributed by atoms with van der Waals surface area (Å²) in [4.78, 5) is 28.3. The van der Waals surface area contributed by atoms with E-state index in [1.807, 2.05) is 36.4 Å². The average Bonchev–Trinajstić information content (AvgIpc) is 2.96. The van der Waals surface area contributed by atoms with Gasteiger partial charge in [0.25, 0.3) is 5.91 Å². The molecule has 2 amide bonds. The van der Waals surface area contributed by atoms with Crippen LogP contribution in [0.4, 0.5) is 5.69 Å². The van der Waals surface area contributed by atoms with Gasteiger partial charge in [-0.25, -0.2) is 8.42 Å². The highest BCUT2D eigenvalue weighted by Crippen LogP contribution is 2.36. The lowest BCUT2D eigenvalue weighted by Crippen LogP contribution is -2.53. The number of nitrogens with one attached hydrogen (secondary N) is 1. The molecule has 0 aromatic heterocycles. The van der Waals surface area contributed by atoms with Crippen LogP contribution < -0.4 is 15.0 Å². The third-order valence-electron chi connectivity index (χ3n) is 6.96. The van der Waals surface area contributed by atoms with Gasteiger partial charge in [-0.15, -0.1) is 0 Å². The summed E-state index contributed by atoms with van der Waals surface area (Å²) in [5, 5.41) is 3.26. The Hall–Kier alpha value is -3.11. The molecule has 0 saturated carbocycles. The van der Waals surface area contributed by atoms with Gasteiger partial charge in [0, 0.05) is 30.6 Å². The highest BCUT2D eigenvalue weighted by molar-refractivity contribution is 7.89. The number of hydrogen-bond acceptors (Lipinski definition) is 5. The quantitative estimate of drug-likeness (QED) is 0.458. The number of nitrogens with zero attached hydrogens (tertiary/aromatic N) is 2. The van der Waals surface area contributed by atoms with Crippen molar-refractivity contribution in [2.45, 2.75) is 30.4 Å². The lowest BCUT2D eigenvalue weighted by molar-refractivity contribution is -0.129. The van der Waals surface area contributed by atoms with E-state index in [4.69, 9.17) is 27.9 Å². The number of anilines is 1. The smallest absolute Gasteiger partial charge is 0.263 e. The number of piperidine rings is 1. The summed E-state index contributed by atoms with van der Waals surface area (Å²) in [6.07, 6.45) is -0.209. The Morgan fingerprint density at radius 1 is 0.949 bits per heavy atom. The van der Waals surface area contributed by atoms with E-state index in [1.54, 1.807) is 23.1 Å². The number of hydrogen-bond donors (Lipinski definition) is 1. The molecule has 3 aromatic carbocycles. The van der Waals surface area contributed by atoms with Crippen LogP contribution in [0.2, 0.25) is 10.0 Å². The second-order valence-corrected chi connectivity index (χ2v) is 12.2. The van der Waals surface area contributed by atoms with Crippen molar-refractivity contribution in [3.8, 4) is 5.75 Å². The van der Waals surface area contributed by atoms with Crippen LogP contribution in [0, 0.1) is 5.92 Å². The second-order valence-electron chi connectivity index (χ2n) is 9.48. The van der Waals surface area contributed by atoms with Crippen LogP contribution in [0.3, 0.4) is 0 Å². The highest BCUT2D eigenvalue weighted by Gasteiger charge is 2.39. The zero-order valence-corrected chi connectivity index (χ0v) is 23.3. The maximum absolute atomic E-state index is 13.7. The van der Waals surface area contributed by atoms with E-state index >= 15 is 0 Å². The number of benzene rings is 3. The summed E-state index contributed by atoms with van der Waals surface area (Å²) < 4.78 is 33.7. The predicted octanol–water partition coefficient (Wildman–Crippen LogP) is 4.50. The molecule has 11 heteroatoms. The van der Waals surface area contributed by atoms with Gasteiger partial charge in [0.2, 0.25) is 15.9 Å². The molecule has 2 aliphatic heterocycles. The van der Waals surface area contributed by atoms with Crippen LogP contribution >= 0.6 is 23.2 Å². The average molecular weight is 589 g/mol. The lowest BCUT2D eigenvalue weighted by atomic mass is 9.95. The Kier molecular flexibility index (Phi) is 8.13. The predicted molar refractivity (Wildman–Crippen MR) is 149 cm³/mol. The molecule has 1 atom stereocenters. The van der Waals surface area contributed by atoms with E-state index in [9.17, 15) is 18.0 Å². The molecule has 1 saturated heterocycles. The van der Waals surface area contributed by atoms with Crippen molar-refractivity contribution in [1.29, 1.82) is 0 Å². The van der Waals surface area contributed by atoms with Crippen LogP contribution in [0.5, 0.6) is 5.75 Å². The molecule has 8 nitrogen and oxygen atoms in total. The molecule has 0 aliphatic carbocycles. The summed E-state index contributed by atoms with van der Waals surface area (Å²) in [7, 11) is -3.87. The maximum Gasteiger partial charge on any atom is 0.263 e. The highest BCUT2D eigenvalue weighted by atomic mass is 35.5. The number of ether oxygens (including phenoxy) is 1. The SMILES string of the molecule is O=C(NCc1ccccc1)[C@H]1CN(C(=O)C2CCN(S(=O)(=O)c3cc(Cl)ccc3Cl)CC2)c2ccccc2O1. The number of halogens is 2. The number of carbonyl (C=O) groups is 2. The minimum Gasteiger partial charge on any atom is -0.477 e. The molecule has 0 radical (unpaired) electrons. The molecule has 1 fully saturated rings. The van der Waals surface area contributed by atoms with Gasteiger partial charge in [0.05, 0.1) is 17.3 Å². The molecule has 0 spiro atoms. The molecule has 0 unspecified atom stereocenters. The minimum absolute atomic E-state index is 0.0482. The minimum atomic E-state index is -3.87. The first-order valence-corrected chi connectivity index (χ1v) is 14.8. The summed E-state index contributed by atoms with van der Waals surface area (Å²) in [5.41, 5.74) is 1.55. The van der Waals surface area contributed by atoms with Gasteiger partial charge in [-0.05, 0) is 48.7 Å². The zero-order chi connectivity index (χ0) is 27.6. The van der Waals surface area contributed by atoms with Gasteiger partial charge in [0.15, 0.2) is 6.10 Å². The van der Waals surface area contributed by atoms with Crippen molar-refractivity contribution in [2.75, 3.05) is 24.5 Å². The molecular weight excluding hydrogens is 561 g/mol. The van der Waals surface area contributed by atoms with Crippen molar-refractivity contribution < 1.29 is 22.7 Å². The van der Waals surface area contributed by atoms with Crippen LogP contribution in [-0.4, -0.2) is 50.3 Å². The number of para-hydroxylation sites is 2. The molecular formula is C28H27Cl2N3O5S. The molecule has 3 aromatic rings. The topological polar surface area (TPSA) is 96.0 Å².